The maximum absolute atomic E-state index is 6.50. The smallest absolute Gasteiger partial charge is 0.186 e. The minimum absolute atomic E-state index is 0.768. The largest absolute Gasteiger partial charge is 0.344 e. The number of pyridine rings is 2. The Morgan fingerprint density at radius 2 is 0.594 bits per heavy atom. The van der Waals surface area contributed by atoms with Gasteiger partial charge in [0.1, 0.15) is 0 Å². The van der Waals surface area contributed by atoms with Crippen molar-refractivity contribution >= 4 is 46.0 Å². The molecule has 0 bridgehead atoms. The normalized spacial score (nSPS) is 11.9. The molecule has 0 atom stereocenters. The van der Waals surface area contributed by atoms with E-state index in [0.717, 1.165) is 80.2 Å². The van der Waals surface area contributed by atoms with Crippen LogP contribution in [0.3, 0.4) is 0 Å². The average Bonchev–Trinajstić information content (AvgIpc) is 0.804. The highest BCUT2D eigenvalue weighted by Crippen LogP contribution is 2.34. The van der Waals surface area contributed by atoms with Crippen LogP contribution in [0.5, 0.6) is 0 Å². The second-order valence-corrected chi connectivity index (χ2v) is 28.5. The summed E-state index contributed by atoms with van der Waals surface area (Å²) in [6.07, 6.45) is 74.1. The van der Waals surface area contributed by atoms with Crippen LogP contribution in [0.2, 0.25) is 10.0 Å². The summed E-state index contributed by atoms with van der Waals surface area (Å²) in [5, 5.41) is 1.54. The predicted octanol–water partition coefficient (Wildman–Crippen LogP) is 27.4. The first-order valence-electron chi connectivity index (χ1n) is 39.1. The van der Waals surface area contributed by atoms with E-state index < -0.39 is 0 Å². The molecule has 0 saturated heterocycles. The number of halogens is 2. The van der Waals surface area contributed by atoms with Crippen molar-refractivity contribution in [3.8, 4) is 11.1 Å². The fourth-order valence-electron chi connectivity index (χ4n) is 13.7. The van der Waals surface area contributed by atoms with Crippen molar-refractivity contribution in [2.45, 2.75) is 298 Å². The Morgan fingerprint density at radius 3 is 0.948 bits per heavy atom. The fraction of sp³-hybridized carbons (Fsp3) is 0.533. The van der Waals surface area contributed by atoms with Gasteiger partial charge in [-0.1, -0.05) is 239 Å². The molecule has 0 aliphatic rings. The number of anilines is 4. The van der Waals surface area contributed by atoms with Crippen LogP contribution in [-0.4, -0.2) is 14.1 Å². The van der Waals surface area contributed by atoms with Crippen LogP contribution in [-0.2, 0) is 38.8 Å². The van der Waals surface area contributed by atoms with Gasteiger partial charge in [-0.3, -0.25) is 0 Å². The van der Waals surface area contributed by atoms with Gasteiger partial charge in [0.05, 0.1) is 11.4 Å². The highest BCUT2D eigenvalue weighted by atomic mass is 35.5. The lowest BCUT2D eigenvalue weighted by Crippen LogP contribution is -2.40. The van der Waals surface area contributed by atoms with Crippen LogP contribution in [0.1, 0.15) is 292 Å². The molecule has 0 fully saturated rings. The predicted molar refractivity (Wildman–Crippen MR) is 423 cm³/mol. The number of benzene rings is 4. The minimum Gasteiger partial charge on any atom is -0.344 e. The molecule has 4 aromatic carbocycles. The van der Waals surface area contributed by atoms with Crippen LogP contribution < -0.4 is 18.9 Å². The monoisotopic (exact) mass is 1340 g/mol. The summed E-state index contributed by atoms with van der Waals surface area (Å²) in [4.78, 5) is 4.81. The van der Waals surface area contributed by atoms with E-state index in [9.17, 15) is 0 Å². The van der Waals surface area contributed by atoms with Crippen molar-refractivity contribution in [1.29, 1.82) is 0 Å². The van der Waals surface area contributed by atoms with Crippen molar-refractivity contribution in [3.63, 3.8) is 0 Å². The average molecular weight is 1340 g/mol. The third-order valence-electron chi connectivity index (χ3n) is 19.6. The molecule has 522 valence electrons. The van der Waals surface area contributed by atoms with E-state index in [-0.39, 0.29) is 0 Å². The fourth-order valence-corrected chi connectivity index (χ4v) is 14.0. The van der Waals surface area contributed by atoms with E-state index >= 15 is 0 Å². The lowest BCUT2D eigenvalue weighted by Gasteiger charge is -2.24. The Balaban J connectivity index is 1.28. The zero-order valence-corrected chi connectivity index (χ0v) is 62.9. The molecule has 0 radical (unpaired) electrons. The Morgan fingerprint density at radius 1 is 0.312 bits per heavy atom. The topological polar surface area (TPSA) is 14.2 Å². The molecule has 0 unspecified atom stereocenters. The van der Waals surface area contributed by atoms with Gasteiger partial charge in [0.2, 0.25) is 0 Å². The van der Waals surface area contributed by atoms with Crippen LogP contribution in [0.25, 0.3) is 11.1 Å². The number of unbranched alkanes of at least 4 members (excludes halogenated alkanes) is 28. The third-order valence-corrected chi connectivity index (χ3v) is 20.1. The number of hydrogen-bond donors (Lipinski definition) is 0. The number of allylic oxidation sites excluding steroid dienone is 8. The van der Waals surface area contributed by atoms with Gasteiger partial charge in [-0.05, 0) is 213 Å². The minimum atomic E-state index is 0.768. The Hall–Kier alpha value is -5.68. The van der Waals surface area contributed by atoms with E-state index in [2.05, 4.69) is 207 Å². The van der Waals surface area contributed by atoms with Gasteiger partial charge in [0.25, 0.3) is 0 Å². The second-order valence-electron chi connectivity index (χ2n) is 27.7. The summed E-state index contributed by atoms with van der Waals surface area (Å²) in [7, 11) is 4.49. The molecule has 0 aliphatic carbocycles. The summed E-state index contributed by atoms with van der Waals surface area (Å²) < 4.78 is 5.23. The highest BCUT2D eigenvalue weighted by molar-refractivity contribution is 6.31. The van der Waals surface area contributed by atoms with E-state index in [1.165, 1.54) is 267 Å². The van der Waals surface area contributed by atoms with Crippen molar-refractivity contribution in [1.82, 2.24) is 0 Å². The second kappa shape index (κ2) is 49.8. The third kappa shape index (κ3) is 30.6. The first-order valence-corrected chi connectivity index (χ1v) is 39.8. The summed E-state index contributed by atoms with van der Waals surface area (Å²) in [5.74, 6) is 0. The van der Waals surface area contributed by atoms with E-state index in [0.29, 0.717) is 0 Å². The molecular formula is C90H130Cl2N4+2. The maximum Gasteiger partial charge on any atom is 0.186 e. The molecule has 96 heavy (non-hydrogen) atoms. The van der Waals surface area contributed by atoms with Gasteiger partial charge in [0.15, 0.2) is 36.9 Å². The zero-order valence-electron chi connectivity index (χ0n) is 61.4. The lowest BCUT2D eigenvalue weighted by molar-refractivity contribution is -0.696. The first kappa shape index (κ1) is 79.3. The molecule has 0 amide bonds. The summed E-state index contributed by atoms with van der Waals surface area (Å²) in [5.41, 5.74) is 16.1. The molecule has 6 heteroatoms. The van der Waals surface area contributed by atoms with E-state index in [1.807, 2.05) is 24.3 Å². The van der Waals surface area contributed by atoms with Crippen LogP contribution in [0, 0.1) is 0 Å². The van der Waals surface area contributed by atoms with Crippen molar-refractivity contribution in [2.24, 2.45) is 0 Å². The molecule has 0 spiro atoms. The summed E-state index contributed by atoms with van der Waals surface area (Å²) in [6.45, 7) is 10.8. The Labute approximate surface area is 597 Å². The van der Waals surface area contributed by atoms with Gasteiger partial charge < -0.3 is 9.80 Å². The first-order chi connectivity index (χ1) is 47.2. The number of aromatic nitrogens is 2. The molecule has 0 aliphatic heterocycles. The van der Waals surface area contributed by atoms with Gasteiger partial charge in [-0.2, -0.15) is 9.13 Å². The molecule has 6 aromatic rings. The standard InChI is InChI=1S/C90H130Cl2N4/c1-7-11-15-19-23-27-29-31-33-37-40-44-48-58-86-88(94(6)84-67-63-82(92)64-68-84)70-72-96(90(86)60-50-46-42-38-34-32-30-28-24-20-16-12-8-2)76-78-54-52-56-80(74-78)79-55-51-53-77(73-79)75-95-71-69-87(93(5)83-65-61-81(91)62-66-83)85(57-47-43-39-35-25-21-17-13-9-3)89(95)59-49-45-41-36-26-22-18-14-10-4/h25-26,29-32,35-36,51-56,61-74H,7-24,27-28,33-34,37-50,57-60,75-76H2,1-6H3/q+2/b31-29+,32-30+,35-25+,36-26+. The van der Waals surface area contributed by atoms with Gasteiger partial charge in [-0.15, -0.1) is 0 Å². The van der Waals surface area contributed by atoms with Gasteiger partial charge >= 0.3 is 0 Å². The molecule has 0 saturated carbocycles. The molecule has 0 N–H and O–H groups in total. The SMILES string of the molecule is CCCCC/C=C/CCCCc1c(N(C)c2ccc(Cl)cc2)cc[n+](Cc2cccc(-c3cccc(C[n+]4ccc(N(C)c5ccc(Cl)cc5)c(CCCCCC/C=C/CCCCCCC)c4CCCCCC/C=C/CCCCCCC)c3)c2)c1CCCC/C=C/CCCCC. The Bertz CT molecular complexity index is 3130. The number of nitrogens with zero attached hydrogens (tertiary/aromatic N) is 4. The zero-order chi connectivity index (χ0) is 67.9. The summed E-state index contributed by atoms with van der Waals surface area (Å²) >= 11 is 13.0. The van der Waals surface area contributed by atoms with Crippen LogP contribution in [0.4, 0.5) is 22.7 Å². The maximum atomic E-state index is 6.50. The molecule has 4 nitrogen and oxygen atoms in total. The van der Waals surface area contributed by atoms with Crippen molar-refractivity contribution in [2.75, 3.05) is 23.9 Å². The molecule has 2 aromatic heterocycles. The quantitative estimate of drug-likeness (QED) is 0.0215. The highest BCUT2D eigenvalue weighted by Gasteiger charge is 2.26. The van der Waals surface area contributed by atoms with Crippen molar-refractivity contribution in [3.05, 3.63) is 214 Å². The molecular weight excluding hydrogens is 1210 g/mol. The number of hydrogen-bond acceptors (Lipinski definition) is 2. The van der Waals surface area contributed by atoms with Crippen LogP contribution >= 0.6 is 23.2 Å². The Kier molecular flexibility index (Phi) is 41.1. The van der Waals surface area contributed by atoms with E-state index in [4.69, 9.17) is 23.2 Å². The molecule has 6 rings (SSSR count). The van der Waals surface area contributed by atoms with Crippen LogP contribution in [0.15, 0.2) is 170 Å². The van der Waals surface area contributed by atoms with E-state index in [1.54, 1.807) is 0 Å². The van der Waals surface area contributed by atoms with Gasteiger partial charge in [0, 0.05) is 82.7 Å². The lowest BCUT2D eigenvalue weighted by atomic mass is 9.97. The van der Waals surface area contributed by atoms with Crippen molar-refractivity contribution < 1.29 is 9.13 Å². The summed E-state index contributed by atoms with van der Waals surface area (Å²) in [6, 6.07) is 40.5. The number of rotatable bonds is 53. The molecule has 2 heterocycles. The van der Waals surface area contributed by atoms with Gasteiger partial charge in [-0.25, -0.2) is 0 Å².